The Labute approximate surface area is 232 Å². The van der Waals surface area contributed by atoms with Crippen LogP contribution in [-0.4, -0.2) is 29.2 Å². The highest BCUT2D eigenvalue weighted by molar-refractivity contribution is 7.82. The Hall–Kier alpha value is -2.42. The molecule has 0 aliphatic carbocycles. The van der Waals surface area contributed by atoms with E-state index in [9.17, 15) is 9.00 Å². The summed E-state index contributed by atoms with van der Waals surface area (Å²) >= 11 is 12.2. The Kier molecular flexibility index (Phi) is 11.6. The summed E-state index contributed by atoms with van der Waals surface area (Å²) in [6.45, 7) is 9.24. The normalized spacial score (nSPS) is 11.9. The lowest BCUT2D eigenvalue weighted by atomic mass is 9.88. The maximum absolute atomic E-state index is 11.4. The van der Waals surface area contributed by atoms with Crippen LogP contribution in [-0.2, 0) is 17.5 Å². The topological polar surface area (TPSA) is 101 Å². The molecule has 0 fully saturated rings. The van der Waals surface area contributed by atoms with Crippen LogP contribution in [0.3, 0.4) is 0 Å². The van der Waals surface area contributed by atoms with Crippen LogP contribution in [0.2, 0.25) is 10.0 Å². The second-order valence-corrected chi connectivity index (χ2v) is 11.5. The van der Waals surface area contributed by atoms with Crippen LogP contribution in [0.1, 0.15) is 56.2 Å². The molecule has 0 spiro atoms. The van der Waals surface area contributed by atoms with Crippen molar-refractivity contribution in [2.45, 2.75) is 51.0 Å². The number of anilines is 1. The quantitative estimate of drug-likeness (QED) is 0.285. The number of nitrogens with zero attached hydrogens (tertiary/aromatic N) is 1. The first-order chi connectivity index (χ1) is 17.3. The molecule has 0 saturated carbocycles. The molecule has 2 amide bonds. The molecule has 0 radical (unpaired) electrons. The Bertz CT molecular complexity index is 1220. The van der Waals surface area contributed by atoms with Gasteiger partial charge in [-0.3, -0.25) is 0 Å². The molecular formula is C28H36Cl2N4O2S. The van der Waals surface area contributed by atoms with Gasteiger partial charge in [-0.1, -0.05) is 69.1 Å². The number of halogens is 2. The molecule has 37 heavy (non-hydrogen) atoms. The minimum absolute atomic E-state index is 0.229. The average Bonchev–Trinajstić information content (AvgIpc) is 2.80. The summed E-state index contributed by atoms with van der Waals surface area (Å²) in [5.74, 6) is 0.458. The highest BCUT2D eigenvalue weighted by atomic mass is 35.5. The molecule has 6 nitrogen and oxygen atoms in total. The van der Waals surface area contributed by atoms with Gasteiger partial charge in [-0.05, 0) is 90.1 Å². The summed E-state index contributed by atoms with van der Waals surface area (Å²) in [5.41, 5.74) is 11.5. The maximum atomic E-state index is 11.4. The maximum Gasteiger partial charge on any atom is 0.316 e. The van der Waals surface area contributed by atoms with E-state index in [2.05, 4.69) is 50.0 Å². The molecule has 0 heterocycles. The van der Waals surface area contributed by atoms with E-state index in [-0.39, 0.29) is 11.8 Å². The van der Waals surface area contributed by atoms with Crippen molar-refractivity contribution in [2.75, 3.05) is 19.4 Å². The molecule has 0 saturated heterocycles. The van der Waals surface area contributed by atoms with Gasteiger partial charge in [0.05, 0.1) is 14.9 Å². The average molecular weight is 564 g/mol. The second-order valence-electron chi connectivity index (χ2n) is 9.64. The van der Waals surface area contributed by atoms with Crippen LogP contribution in [0.5, 0.6) is 0 Å². The van der Waals surface area contributed by atoms with Crippen LogP contribution in [0.25, 0.3) is 11.1 Å². The van der Waals surface area contributed by atoms with Gasteiger partial charge in [0, 0.05) is 12.2 Å². The SMILES string of the molecule is CC(C)c1cc(-c2ccc(Cl)c(Cl)c2)cc(C(C)C)c1NC(N)=O.CN(C)Cc1ccc(S(N)=O)cc1. The zero-order valence-electron chi connectivity index (χ0n) is 22.1. The summed E-state index contributed by atoms with van der Waals surface area (Å²) < 4.78 is 10.9. The molecule has 0 aliphatic heterocycles. The van der Waals surface area contributed by atoms with E-state index in [1.165, 1.54) is 5.56 Å². The number of carbonyl (C=O) groups is 1. The Morgan fingerprint density at radius 1 is 0.892 bits per heavy atom. The number of rotatable bonds is 7. The standard InChI is InChI=1S/C19H22Cl2N2O.C9H14N2OS/c1-10(2)14-7-13(12-5-6-16(20)17(21)9-12)8-15(11(3)4)18(14)23-19(22)24;1-11(2)7-8-3-5-9(6-4-8)13(10)12/h5-11H,1-4H3,(H3,22,23,24);3-6H,7,10H2,1-2H3. The molecule has 3 aromatic carbocycles. The summed E-state index contributed by atoms with van der Waals surface area (Å²) in [7, 11) is 2.65. The molecule has 3 aromatic rings. The number of carbonyl (C=O) groups excluding carboxylic acids is 1. The number of urea groups is 1. The summed E-state index contributed by atoms with van der Waals surface area (Å²) in [6, 6.07) is 16.7. The number of benzene rings is 3. The highest BCUT2D eigenvalue weighted by Crippen LogP contribution is 2.38. The summed E-state index contributed by atoms with van der Waals surface area (Å²) in [4.78, 5) is 14.2. The Balaban J connectivity index is 0.000000312. The van der Waals surface area contributed by atoms with Crippen molar-refractivity contribution in [3.05, 3.63) is 81.3 Å². The largest absolute Gasteiger partial charge is 0.351 e. The van der Waals surface area contributed by atoms with Crippen molar-refractivity contribution in [3.8, 4) is 11.1 Å². The number of hydrogen-bond donors (Lipinski definition) is 3. The second kappa shape index (κ2) is 13.9. The third-order valence-electron chi connectivity index (χ3n) is 5.60. The lowest BCUT2D eigenvalue weighted by Gasteiger charge is -2.21. The third kappa shape index (κ3) is 9.13. The molecular weight excluding hydrogens is 527 g/mol. The number of primary amides is 1. The Morgan fingerprint density at radius 3 is 1.84 bits per heavy atom. The van der Waals surface area contributed by atoms with Crippen molar-refractivity contribution in [1.29, 1.82) is 0 Å². The van der Waals surface area contributed by atoms with Crippen molar-refractivity contribution in [3.63, 3.8) is 0 Å². The van der Waals surface area contributed by atoms with Gasteiger partial charge >= 0.3 is 6.03 Å². The highest BCUT2D eigenvalue weighted by Gasteiger charge is 2.18. The predicted molar refractivity (Wildman–Crippen MR) is 158 cm³/mol. The van der Waals surface area contributed by atoms with E-state index in [1.807, 2.05) is 38.4 Å². The monoisotopic (exact) mass is 562 g/mol. The fourth-order valence-corrected chi connectivity index (χ4v) is 4.50. The van der Waals surface area contributed by atoms with E-state index >= 15 is 0 Å². The fraction of sp³-hybridized carbons (Fsp3) is 0.321. The number of nitrogens with two attached hydrogens (primary N) is 2. The molecule has 200 valence electrons. The van der Waals surface area contributed by atoms with Crippen molar-refractivity contribution in [2.24, 2.45) is 10.9 Å². The molecule has 1 atom stereocenters. The number of nitrogens with one attached hydrogen (secondary N) is 1. The molecule has 1 unspecified atom stereocenters. The zero-order chi connectivity index (χ0) is 27.9. The van der Waals surface area contributed by atoms with E-state index in [1.54, 1.807) is 18.2 Å². The molecule has 0 aromatic heterocycles. The van der Waals surface area contributed by atoms with Crippen molar-refractivity contribution < 1.29 is 9.00 Å². The fourth-order valence-electron chi connectivity index (χ4n) is 3.80. The Morgan fingerprint density at radius 2 is 1.43 bits per heavy atom. The van der Waals surface area contributed by atoms with Crippen LogP contribution >= 0.6 is 23.2 Å². The van der Waals surface area contributed by atoms with Crippen LogP contribution in [0.15, 0.2) is 59.5 Å². The van der Waals surface area contributed by atoms with E-state index in [0.717, 1.165) is 34.5 Å². The van der Waals surface area contributed by atoms with Crippen molar-refractivity contribution in [1.82, 2.24) is 4.90 Å². The minimum atomic E-state index is -1.36. The van der Waals surface area contributed by atoms with Gasteiger partial charge < -0.3 is 16.0 Å². The predicted octanol–water partition coefficient (Wildman–Crippen LogP) is 7.13. The zero-order valence-corrected chi connectivity index (χ0v) is 24.5. The minimum Gasteiger partial charge on any atom is -0.351 e. The van der Waals surface area contributed by atoms with E-state index in [4.69, 9.17) is 34.1 Å². The van der Waals surface area contributed by atoms with Gasteiger partial charge in [0.1, 0.15) is 11.0 Å². The first kappa shape index (κ1) is 30.8. The first-order valence-electron chi connectivity index (χ1n) is 11.9. The van der Waals surface area contributed by atoms with Crippen molar-refractivity contribution >= 4 is 45.9 Å². The van der Waals surface area contributed by atoms with Crippen LogP contribution in [0.4, 0.5) is 10.5 Å². The molecule has 0 bridgehead atoms. The molecule has 3 rings (SSSR count). The van der Waals surface area contributed by atoms with Gasteiger partial charge in [0.25, 0.3) is 0 Å². The summed E-state index contributed by atoms with van der Waals surface area (Å²) in [5, 5.41) is 9.07. The van der Waals surface area contributed by atoms with E-state index in [0.29, 0.717) is 14.9 Å². The third-order valence-corrected chi connectivity index (χ3v) is 7.07. The number of amides is 2. The molecule has 5 N–H and O–H groups in total. The van der Waals surface area contributed by atoms with Gasteiger partial charge in [-0.15, -0.1) is 0 Å². The molecule has 9 heteroatoms. The van der Waals surface area contributed by atoms with Crippen LogP contribution < -0.4 is 16.2 Å². The summed E-state index contributed by atoms with van der Waals surface area (Å²) in [6.07, 6.45) is 0. The lowest BCUT2D eigenvalue weighted by molar-refractivity contribution is 0.259. The first-order valence-corrected chi connectivity index (χ1v) is 13.9. The van der Waals surface area contributed by atoms with Gasteiger partial charge in [-0.2, -0.15) is 0 Å². The van der Waals surface area contributed by atoms with Gasteiger partial charge in [0.2, 0.25) is 0 Å². The van der Waals surface area contributed by atoms with Gasteiger partial charge in [0.15, 0.2) is 0 Å². The van der Waals surface area contributed by atoms with E-state index < -0.39 is 17.0 Å². The van der Waals surface area contributed by atoms with Gasteiger partial charge in [-0.25, -0.2) is 14.1 Å². The molecule has 0 aliphatic rings. The smallest absolute Gasteiger partial charge is 0.316 e. The van der Waals surface area contributed by atoms with Crippen LogP contribution in [0, 0.1) is 0 Å². The lowest BCUT2D eigenvalue weighted by Crippen LogP contribution is -2.22. The number of hydrogen-bond acceptors (Lipinski definition) is 3.